The molecule has 192 valence electrons. The van der Waals surface area contributed by atoms with E-state index >= 15 is 0 Å². The fourth-order valence-electron chi connectivity index (χ4n) is 5.18. The summed E-state index contributed by atoms with van der Waals surface area (Å²) < 4.78 is 45.5. The van der Waals surface area contributed by atoms with Crippen molar-refractivity contribution in [3.8, 4) is 5.69 Å². The monoisotopic (exact) mass is 514 g/mol. The summed E-state index contributed by atoms with van der Waals surface area (Å²) in [5.41, 5.74) is -2.48. The zero-order chi connectivity index (χ0) is 26.8. The number of hydrogen-bond acceptors (Lipinski definition) is 4. The molecule has 0 saturated heterocycles. The Bertz CT molecular complexity index is 1770. The summed E-state index contributed by atoms with van der Waals surface area (Å²) in [4.78, 5) is 51.2. The van der Waals surface area contributed by atoms with Crippen LogP contribution in [0.5, 0.6) is 0 Å². The van der Waals surface area contributed by atoms with Crippen LogP contribution in [-0.4, -0.2) is 29.3 Å². The molecule has 0 aliphatic heterocycles. The summed E-state index contributed by atoms with van der Waals surface area (Å²) in [6.45, 7) is 0. The second-order valence-electron chi connectivity index (χ2n) is 9.03. The third kappa shape index (κ3) is 3.71. The molecule has 0 saturated carbocycles. The molecule has 12 heteroatoms. The number of fused-ring (bicyclic) bond motifs is 2. The van der Waals surface area contributed by atoms with Crippen molar-refractivity contribution in [3.05, 3.63) is 96.2 Å². The first-order chi connectivity index (χ1) is 17.4. The molecule has 9 nitrogen and oxygen atoms in total. The smallest absolute Gasteiger partial charge is 0.416 e. The minimum Gasteiger partial charge on any atom is -0.477 e. The van der Waals surface area contributed by atoms with Crippen LogP contribution in [0.4, 0.5) is 13.2 Å². The summed E-state index contributed by atoms with van der Waals surface area (Å²) in [7, 11) is 3.12. The standard InChI is InChI=1S/C25H21F3N4O5/c1-29-19-10-9-13(11-20(19)30(2)23(29)36)31-12-16(22(34)35)21(33)32(24(31)37)18-8-4-5-14-15(18)6-3-7-17(14)25(26,27)28/h3,6-7,9-12,18H,4-5,8H2,1-2H3,(H,34,35)/t18-/m1/s1. The van der Waals surface area contributed by atoms with Gasteiger partial charge in [0.2, 0.25) is 0 Å². The van der Waals surface area contributed by atoms with E-state index in [9.17, 15) is 37.5 Å². The molecule has 2 aromatic carbocycles. The molecule has 4 aromatic rings. The number of benzene rings is 2. The SMILES string of the molecule is Cn1c(=O)n(C)c2cc(-n3cc(C(=O)O)c(=O)n([C@@H]4CCCc5c4cccc5C(F)(F)F)c3=O)ccc21. The topological polar surface area (TPSA) is 108 Å². The highest BCUT2D eigenvalue weighted by atomic mass is 19.4. The second kappa shape index (κ2) is 8.36. The Morgan fingerprint density at radius 1 is 1.00 bits per heavy atom. The van der Waals surface area contributed by atoms with Crippen LogP contribution in [0.1, 0.15) is 45.9 Å². The number of carboxylic acid groups (broad SMARTS) is 1. The van der Waals surface area contributed by atoms with E-state index < -0.39 is 40.6 Å². The van der Waals surface area contributed by atoms with Gasteiger partial charge < -0.3 is 5.11 Å². The van der Waals surface area contributed by atoms with Crippen molar-refractivity contribution in [2.75, 3.05) is 0 Å². The van der Waals surface area contributed by atoms with Crippen molar-refractivity contribution >= 4 is 17.0 Å². The quantitative estimate of drug-likeness (QED) is 0.453. The maximum atomic E-state index is 13.7. The van der Waals surface area contributed by atoms with Gasteiger partial charge in [-0.1, -0.05) is 12.1 Å². The molecule has 0 bridgehead atoms. The van der Waals surface area contributed by atoms with Crippen LogP contribution >= 0.6 is 0 Å². The number of carbonyl (C=O) groups is 1. The van der Waals surface area contributed by atoms with E-state index in [4.69, 9.17) is 0 Å². The van der Waals surface area contributed by atoms with Gasteiger partial charge >= 0.3 is 23.5 Å². The highest BCUT2D eigenvalue weighted by molar-refractivity contribution is 5.87. The first kappa shape index (κ1) is 24.3. The lowest BCUT2D eigenvalue weighted by Gasteiger charge is -2.29. The molecule has 1 aliphatic rings. The molecule has 0 amide bonds. The molecular formula is C25H21F3N4O5. The molecule has 1 aliphatic carbocycles. The molecule has 2 heterocycles. The van der Waals surface area contributed by atoms with Crippen LogP contribution in [0.15, 0.2) is 57.0 Å². The number of halogens is 3. The average molecular weight is 514 g/mol. The van der Waals surface area contributed by atoms with Gasteiger partial charge in [-0.05, 0) is 54.7 Å². The van der Waals surface area contributed by atoms with Gasteiger partial charge in [0.25, 0.3) is 5.56 Å². The summed E-state index contributed by atoms with van der Waals surface area (Å²) in [5, 5.41) is 9.73. The second-order valence-corrected chi connectivity index (χ2v) is 9.03. The number of aromatic nitrogens is 4. The van der Waals surface area contributed by atoms with E-state index in [2.05, 4.69) is 0 Å². The average Bonchev–Trinajstić information content (AvgIpc) is 3.06. The molecule has 0 fully saturated rings. The van der Waals surface area contributed by atoms with Crippen LogP contribution in [0.25, 0.3) is 16.7 Å². The van der Waals surface area contributed by atoms with Crippen LogP contribution in [0, 0.1) is 0 Å². The summed E-state index contributed by atoms with van der Waals surface area (Å²) >= 11 is 0. The number of hydrogen-bond donors (Lipinski definition) is 1. The molecular weight excluding hydrogens is 493 g/mol. The van der Waals surface area contributed by atoms with Crippen molar-refractivity contribution in [2.24, 2.45) is 14.1 Å². The Kier molecular flexibility index (Phi) is 5.50. The number of rotatable bonds is 3. The summed E-state index contributed by atoms with van der Waals surface area (Å²) in [5.74, 6) is -1.58. The van der Waals surface area contributed by atoms with Crippen LogP contribution in [0.3, 0.4) is 0 Å². The number of nitrogens with zero attached hydrogens (tertiary/aromatic N) is 4. The number of carboxylic acids is 1. The predicted molar refractivity (Wildman–Crippen MR) is 127 cm³/mol. The zero-order valence-electron chi connectivity index (χ0n) is 19.7. The normalized spacial score (nSPS) is 15.6. The van der Waals surface area contributed by atoms with Crippen molar-refractivity contribution in [1.29, 1.82) is 0 Å². The first-order valence-corrected chi connectivity index (χ1v) is 11.4. The minimum atomic E-state index is -4.62. The molecule has 5 rings (SSSR count). The van der Waals surface area contributed by atoms with Gasteiger partial charge in [-0.3, -0.25) is 23.1 Å². The van der Waals surface area contributed by atoms with Crippen LogP contribution in [0.2, 0.25) is 0 Å². The molecule has 0 radical (unpaired) electrons. The van der Waals surface area contributed by atoms with Gasteiger partial charge in [0.05, 0.1) is 28.3 Å². The summed E-state index contributed by atoms with van der Waals surface area (Å²) in [6, 6.07) is 7.12. The zero-order valence-corrected chi connectivity index (χ0v) is 19.7. The molecule has 1 N–H and O–H groups in total. The number of alkyl halides is 3. The van der Waals surface area contributed by atoms with Crippen molar-refractivity contribution in [3.63, 3.8) is 0 Å². The van der Waals surface area contributed by atoms with Gasteiger partial charge in [0.1, 0.15) is 5.56 Å². The molecule has 1 atom stereocenters. The van der Waals surface area contributed by atoms with E-state index in [0.717, 1.165) is 21.4 Å². The van der Waals surface area contributed by atoms with Crippen LogP contribution < -0.4 is 16.9 Å². The maximum absolute atomic E-state index is 13.7. The Labute approximate surface area is 206 Å². The highest BCUT2D eigenvalue weighted by Gasteiger charge is 2.37. The lowest BCUT2D eigenvalue weighted by Crippen LogP contribution is -2.45. The number of aryl methyl sites for hydroxylation is 2. The van der Waals surface area contributed by atoms with E-state index in [0.29, 0.717) is 11.0 Å². The Morgan fingerprint density at radius 2 is 1.70 bits per heavy atom. The van der Waals surface area contributed by atoms with Gasteiger partial charge in [-0.2, -0.15) is 13.2 Å². The fraction of sp³-hybridized carbons (Fsp3) is 0.280. The molecule has 0 spiro atoms. The number of imidazole rings is 1. The van der Waals surface area contributed by atoms with E-state index in [-0.39, 0.29) is 41.8 Å². The van der Waals surface area contributed by atoms with E-state index in [1.165, 1.54) is 40.4 Å². The minimum absolute atomic E-state index is 0.00877. The Hall–Kier alpha value is -4.35. The highest BCUT2D eigenvalue weighted by Crippen LogP contribution is 2.40. The van der Waals surface area contributed by atoms with E-state index in [1.807, 2.05) is 0 Å². The lowest BCUT2D eigenvalue weighted by atomic mass is 9.84. The lowest BCUT2D eigenvalue weighted by molar-refractivity contribution is -0.138. The largest absolute Gasteiger partial charge is 0.477 e. The predicted octanol–water partition coefficient (Wildman–Crippen LogP) is 2.83. The number of aromatic carboxylic acids is 1. The maximum Gasteiger partial charge on any atom is 0.416 e. The molecule has 0 unspecified atom stereocenters. The Morgan fingerprint density at radius 3 is 2.38 bits per heavy atom. The molecule has 2 aromatic heterocycles. The van der Waals surface area contributed by atoms with E-state index in [1.54, 1.807) is 13.1 Å². The van der Waals surface area contributed by atoms with Gasteiger partial charge in [-0.25, -0.2) is 14.4 Å². The van der Waals surface area contributed by atoms with Crippen molar-refractivity contribution in [2.45, 2.75) is 31.5 Å². The molecule has 37 heavy (non-hydrogen) atoms. The Balaban J connectivity index is 1.79. The van der Waals surface area contributed by atoms with Crippen molar-refractivity contribution in [1.82, 2.24) is 18.3 Å². The van der Waals surface area contributed by atoms with Crippen LogP contribution in [-0.2, 0) is 26.7 Å². The van der Waals surface area contributed by atoms with Gasteiger partial charge in [0, 0.05) is 20.3 Å². The fourth-order valence-corrected chi connectivity index (χ4v) is 5.18. The first-order valence-electron chi connectivity index (χ1n) is 11.4. The van der Waals surface area contributed by atoms with Gasteiger partial charge in [0.15, 0.2) is 0 Å². The summed E-state index contributed by atoms with van der Waals surface area (Å²) in [6.07, 6.45) is -3.16. The third-order valence-electron chi connectivity index (χ3n) is 6.98. The third-order valence-corrected chi connectivity index (χ3v) is 6.98. The van der Waals surface area contributed by atoms with Gasteiger partial charge in [-0.15, -0.1) is 0 Å². The van der Waals surface area contributed by atoms with Crippen molar-refractivity contribution < 1.29 is 23.1 Å².